The van der Waals surface area contributed by atoms with Crippen molar-refractivity contribution >= 4 is 0 Å². The number of rotatable bonds is 3. The summed E-state index contributed by atoms with van der Waals surface area (Å²) in [5.74, 6) is 0.992. The van der Waals surface area contributed by atoms with Crippen LogP contribution in [-0.2, 0) is 0 Å². The van der Waals surface area contributed by atoms with Crippen LogP contribution in [0.5, 0.6) is 0 Å². The molecular formula is C12H16O2. The zero-order valence-electron chi connectivity index (χ0n) is 8.13. The number of benzene rings is 1. The molecule has 3 atom stereocenters. The van der Waals surface area contributed by atoms with Crippen molar-refractivity contribution in [1.82, 2.24) is 0 Å². The number of aliphatic hydroxyl groups is 2. The van der Waals surface area contributed by atoms with Gasteiger partial charge in [0.1, 0.15) is 0 Å². The van der Waals surface area contributed by atoms with Crippen LogP contribution in [0.4, 0.5) is 0 Å². The van der Waals surface area contributed by atoms with Gasteiger partial charge in [-0.3, -0.25) is 0 Å². The van der Waals surface area contributed by atoms with Crippen LogP contribution in [0.25, 0.3) is 0 Å². The highest BCUT2D eigenvalue weighted by Crippen LogP contribution is 2.46. The number of hydrogen-bond acceptors (Lipinski definition) is 2. The smallest absolute Gasteiger partial charge is 0.0468 e. The van der Waals surface area contributed by atoms with E-state index in [0.29, 0.717) is 11.8 Å². The van der Waals surface area contributed by atoms with Gasteiger partial charge >= 0.3 is 0 Å². The summed E-state index contributed by atoms with van der Waals surface area (Å²) in [7, 11) is 0. The van der Waals surface area contributed by atoms with Gasteiger partial charge in [0.2, 0.25) is 0 Å². The van der Waals surface area contributed by atoms with Crippen molar-refractivity contribution in [1.29, 1.82) is 0 Å². The first-order chi connectivity index (χ1) is 6.86. The second kappa shape index (κ2) is 4.11. The largest absolute Gasteiger partial charge is 0.396 e. The van der Waals surface area contributed by atoms with Gasteiger partial charge in [0.15, 0.2) is 0 Å². The van der Waals surface area contributed by atoms with Crippen LogP contribution in [0, 0.1) is 11.8 Å². The van der Waals surface area contributed by atoms with Crippen LogP contribution in [0.2, 0.25) is 0 Å². The lowest BCUT2D eigenvalue weighted by Gasteiger charge is -2.43. The van der Waals surface area contributed by atoms with Gasteiger partial charge in [-0.2, -0.15) is 0 Å². The zero-order chi connectivity index (χ0) is 9.97. The van der Waals surface area contributed by atoms with Gasteiger partial charge in [-0.15, -0.1) is 0 Å². The molecule has 1 fully saturated rings. The summed E-state index contributed by atoms with van der Waals surface area (Å²) < 4.78 is 0. The predicted molar refractivity (Wildman–Crippen MR) is 55.0 cm³/mol. The highest BCUT2D eigenvalue weighted by atomic mass is 16.3. The first-order valence-electron chi connectivity index (χ1n) is 5.13. The molecule has 1 aliphatic carbocycles. The Labute approximate surface area is 84.2 Å². The molecule has 14 heavy (non-hydrogen) atoms. The summed E-state index contributed by atoms with van der Waals surface area (Å²) in [6, 6.07) is 10.2. The van der Waals surface area contributed by atoms with E-state index in [1.807, 2.05) is 18.2 Å². The molecule has 1 aliphatic rings. The van der Waals surface area contributed by atoms with Crippen molar-refractivity contribution in [2.45, 2.75) is 12.3 Å². The lowest BCUT2D eigenvalue weighted by molar-refractivity contribution is 0.0221. The molecule has 0 saturated heterocycles. The van der Waals surface area contributed by atoms with E-state index in [-0.39, 0.29) is 19.1 Å². The molecule has 0 amide bonds. The average Bonchev–Trinajstić information content (AvgIpc) is 2.19. The second-order valence-corrected chi connectivity index (χ2v) is 4.04. The standard InChI is InChI=1S/C12H16O2/c13-7-10-6-11(12(10)8-14)9-4-2-1-3-5-9/h1-5,10-14H,6-8H2/t10-,11+,12-/m1/s1. The molecule has 2 nitrogen and oxygen atoms in total. The minimum Gasteiger partial charge on any atom is -0.396 e. The normalized spacial score (nSPS) is 31.1. The molecule has 1 aromatic rings. The van der Waals surface area contributed by atoms with Gasteiger partial charge in [0.25, 0.3) is 0 Å². The molecule has 1 aromatic carbocycles. The number of aliphatic hydroxyl groups excluding tert-OH is 2. The Morgan fingerprint density at radius 1 is 1.07 bits per heavy atom. The van der Waals surface area contributed by atoms with E-state index in [1.165, 1.54) is 5.56 Å². The van der Waals surface area contributed by atoms with E-state index in [1.54, 1.807) is 0 Å². The summed E-state index contributed by atoms with van der Waals surface area (Å²) in [5, 5.41) is 18.2. The molecule has 0 aromatic heterocycles. The topological polar surface area (TPSA) is 40.5 Å². The molecule has 76 valence electrons. The fraction of sp³-hybridized carbons (Fsp3) is 0.500. The molecular weight excluding hydrogens is 176 g/mol. The van der Waals surface area contributed by atoms with E-state index < -0.39 is 0 Å². The molecule has 0 radical (unpaired) electrons. The first kappa shape index (κ1) is 9.69. The Bertz CT molecular complexity index is 284. The zero-order valence-corrected chi connectivity index (χ0v) is 8.13. The molecule has 1 saturated carbocycles. The maximum Gasteiger partial charge on any atom is 0.0468 e. The fourth-order valence-corrected chi connectivity index (χ4v) is 2.38. The third kappa shape index (κ3) is 1.56. The summed E-state index contributed by atoms with van der Waals surface area (Å²) in [5.41, 5.74) is 1.29. The Hall–Kier alpha value is -0.860. The van der Waals surface area contributed by atoms with Gasteiger partial charge in [-0.25, -0.2) is 0 Å². The molecule has 0 unspecified atom stereocenters. The van der Waals surface area contributed by atoms with Gasteiger partial charge < -0.3 is 10.2 Å². The first-order valence-corrected chi connectivity index (χ1v) is 5.13. The van der Waals surface area contributed by atoms with Crippen molar-refractivity contribution in [3.8, 4) is 0 Å². The van der Waals surface area contributed by atoms with E-state index in [9.17, 15) is 5.11 Å². The molecule has 0 heterocycles. The third-order valence-corrected chi connectivity index (χ3v) is 3.35. The Morgan fingerprint density at radius 2 is 1.79 bits per heavy atom. The summed E-state index contributed by atoms with van der Waals surface area (Å²) in [4.78, 5) is 0. The van der Waals surface area contributed by atoms with Crippen LogP contribution < -0.4 is 0 Å². The monoisotopic (exact) mass is 192 g/mol. The predicted octanol–water partition coefficient (Wildman–Crippen LogP) is 1.39. The maximum atomic E-state index is 9.21. The molecule has 2 N–H and O–H groups in total. The Kier molecular flexibility index (Phi) is 2.85. The van der Waals surface area contributed by atoms with E-state index >= 15 is 0 Å². The van der Waals surface area contributed by atoms with Crippen LogP contribution in [0.1, 0.15) is 17.9 Å². The van der Waals surface area contributed by atoms with Crippen LogP contribution in [-0.4, -0.2) is 23.4 Å². The van der Waals surface area contributed by atoms with Gasteiger partial charge in [-0.05, 0) is 29.7 Å². The van der Waals surface area contributed by atoms with E-state index in [4.69, 9.17) is 5.11 Å². The van der Waals surface area contributed by atoms with E-state index in [2.05, 4.69) is 12.1 Å². The third-order valence-electron chi connectivity index (χ3n) is 3.35. The average molecular weight is 192 g/mol. The van der Waals surface area contributed by atoms with Crippen molar-refractivity contribution in [3.05, 3.63) is 35.9 Å². The minimum absolute atomic E-state index is 0.185. The minimum atomic E-state index is 0.185. The van der Waals surface area contributed by atoms with Crippen molar-refractivity contribution in [2.75, 3.05) is 13.2 Å². The van der Waals surface area contributed by atoms with Crippen LogP contribution >= 0.6 is 0 Å². The molecule has 0 bridgehead atoms. The van der Waals surface area contributed by atoms with Crippen molar-refractivity contribution < 1.29 is 10.2 Å². The second-order valence-electron chi connectivity index (χ2n) is 4.04. The highest BCUT2D eigenvalue weighted by Gasteiger charge is 2.40. The van der Waals surface area contributed by atoms with Crippen LogP contribution in [0.15, 0.2) is 30.3 Å². The summed E-state index contributed by atoms with van der Waals surface area (Å²) >= 11 is 0. The molecule has 2 heteroatoms. The van der Waals surface area contributed by atoms with Gasteiger partial charge in [0, 0.05) is 13.2 Å². The SMILES string of the molecule is OC[C@H]1C[C@@H](c2ccccc2)[C@@H]1CO. The lowest BCUT2D eigenvalue weighted by atomic mass is 9.63. The maximum absolute atomic E-state index is 9.21. The van der Waals surface area contributed by atoms with Crippen LogP contribution in [0.3, 0.4) is 0 Å². The Balaban J connectivity index is 2.08. The quantitative estimate of drug-likeness (QED) is 0.759. The number of hydrogen-bond donors (Lipinski definition) is 2. The summed E-state index contributed by atoms with van der Waals surface area (Å²) in [6.45, 7) is 0.388. The van der Waals surface area contributed by atoms with Crippen molar-refractivity contribution in [2.24, 2.45) is 11.8 Å². The molecule has 2 rings (SSSR count). The van der Waals surface area contributed by atoms with Gasteiger partial charge in [-0.1, -0.05) is 30.3 Å². The van der Waals surface area contributed by atoms with Gasteiger partial charge in [0.05, 0.1) is 0 Å². The summed E-state index contributed by atoms with van der Waals surface area (Å²) in [6.07, 6.45) is 1.01. The molecule has 0 aliphatic heterocycles. The highest BCUT2D eigenvalue weighted by molar-refractivity contribution is 5.23. The molecule has 0 spiro atoms. The lowest BCUT2D eigenvalue weighted by Crippen LogP contribution is -2.39. The Morgan fingerprint density at radius 3 is 2.36 bits per heavy atom. The van der Waals surface area contributed by atoms with Crippen molar-refractivity contribution in [3.63, 3.8) is 0 Å². The van der Waals surface area contributed by atoms with E-state index in [0.717, 1.165) is 6.42 Å². The fourth-order valence-electron chi connectivity index (χ4n) is 2.38.